The van der Waals surface area contributed by atoms with Crippen LogP contribution < -0.4 is 9.47 Å². The highest BCUT2D eigenvalue weighted by atomic mass is 19.4. The summed E-state index contributed by atoms with van der Waals surface area (Å²) in [5.41, 5.74) is 0. The Morgan fingerprint density at radius 3 is 2.45 bits per heavy atom. The van der Waals surface area contributed by atoms with Gasteiger partial charge < -0.3 is 14.2 Å². The molecular weight excluding hydrogens is 277 g/mol. The molecule has 0 N–H and O–H groups in total. The van der Waals surface area contributed by atoms with E-state index in [1.54, 1.807) is 6.08 Å². The number of esters is 1. The Kier molecular flexibility index (Phi) is 4.16. The number of rotatable bonds is 4. The van der Waals surface area contributed by atoms with Crippen LogP contribution in [0.2, 0.25) is 0 Å². The first-order valence-electron chi connectivity index (χ1n) is 5.78. The summed E-state index contributed by atoms with van der Waals surface area (Å²) in [6, 6.07) is 4.99. The van der Waals surface area contributed by atoms with Crippen molar-refractivity contribution in [3.63, 3.8) is 0 Å². The summed E-state index contributed by atoms with van der Waals surface area (Å²) in [7, 11) is 0. The van der Waals surface area contributed by atoms with Gasteiger partial charge >= 0.3 is 12.3 Å². The highest BCUT2D eigenvalue weighted by molar-refractivity contribution is 5.82. The van der Waals surface area contributed by atoms with Crippen molar-refractivity contribution in [3.05, 3.63) is 36.4 Å². The van der Waals surface area contributed by atoms with E-state index in [0.29, 0.717) is 12.2 Å². The second-order valence-corrected chi connectivity index (χ2v) is 4.03. The van der Waals surface area contributed by atoms with Gasteiger partial charge in [-0.05, 0) is 24.3 Å². The summed E-state index contributed by atoms with van der Waals surface area (Å²) in [6.45, 7) is 0.134. The number of ether oxygens (including phenoxy) is 3. The first-order valence-corrected chi connectivity index (χ1v) is 5.78. The fourth-order valence-corrected chi connectivity index (χ4v) is 1.60. The molecule has 0 aromatic heterocycles. The Hall–Kier alpha value is -2.18. The smallest absolute Gasteiger partial charge is 0.490 e. The van der Waals surface area contributed by atoms with Gasteiger partial charge in [0.1, 0.15) is 24.2 Å². The lowest BCUT2D eigenvalue weighted by atomic mass is 10.2. The van der Waals surface area contributed by atoms with Crippen LogP contribution in [-0.4, -0.2) is 25.0 Å². The van der Waals surface area contributed by atoms with Crippen molar-refractivity contribution in [3.8, 4) is 11.5 Å². The molecule has 0 aliphatic carbocycles. The lowest BCUT2D eigenvalue weighted by Gasteiger charge is -2.19. The zero-order valence-electron chi connectivity index (χ0n) is 10.2. The fraction of sp³-hybridized carbons (Fsp3) is 0.308. The first-order chi connectivity index (χ1) is 9.42. The van der Waals surface area contributed by atoms with Crippen LogP contribution in [-0.2, 0) is 9.53 Å². The highest BCUT2D eigenvalue weighted by Gasteiger charge is 2.31. The Bertz CT molecular complexity index is 493. The average molecular weight is 288 g/mol. The maximum absolute atomic E-state index is 12.0. The quantitative estimate of drug-likeness (QED) is 0.799. The van der Waals surface area contributed by atoms with Crippen LogP contribution in [0.4, 0.5) is 13.2 Å². The normalized spacial score (nSPS) is 18.6. The molecule has 1 aromatic rings. The Labute approximate surface area is 112 Å². The summed E-state index contributed by atoms with van der Waals surface area (Å²) in [5.74, 6) is -0.388. The fourth-order valence-electron chi connectivity index (χ4n) is 1.60. The van der Waals surface area contributed by atoms with E-state index >= 15 is 0 Å². The summed E-state index contributed by atoms with van der Waals surface area (Å²) in [4.78, 5) is 11.0. The van der Waals surface area contributed by atoms with Crippen molar-refractivity contribution >= 4 is 5.97 Å². The molecule has 0 radical (unpaired) electrons. The summed E-state index contributed by atoms with van der Waals surface area (Å²) < 4.78 is 49.9. The van der Waals surface area contributed by atoms with Gasteiger partial charge in [0.2, 0.25) is 0 Å². The summed E-state index contributed by atoms with van der Waals surface area (Å²) in [5, 5.41) is 0. The van der Waals surface area contributed by atoms with E-state index in [4.69, 9.17) is 9.47 Å². The molecule has 0 bridgehead atoms. The van der Waals surface area contributed by atoms with Crippen LogP contribution in [0.1, 0.15) is 6.42 Å². The Morgan fingerprint density at radius 1 is 1.20 bits per heavy atom. The van der Waals surface area contributed by atoms with Gasteiger partial charge in [-0.3, -0.25) is 0 Å². The van der Waals surface area contributed by atoms with Crippen LogP contribution in [0.15, 0.2) is 36.4 Å². The van der Waals surface area contributed by atoms with E-state index in [-0.39, 0.29) is 12.4 Å². The van der Waals surface area contributed by atoms with Crippen LogP contribution in [0.5, 0.6) is 11.5 Å². The minimum atomic E-state index is -4.72. The predicted octanol–water partition coefficient (Wildman–Crippen LogP) is 2.84. The van der Waals surface area contributed by atoms with Crippen molar-refractivity contribution < 1.29 is 32.2 Å². The van der Waals surface area contributed by atoms with E-state index in [9.17, 15) is 18.0 Å². The molecule has 1 aromatic carbocycles. The molecule has 0 fully saturated rings. The average Bonchev–Trinajstić information content (AvgIpc) is 2.36. The number of alkyl halides is 3. The number of halogens is 3. The van der Waals surface area contributed by atoms with E-state index < -0.39 is 18.4 Å². The van der Waals surface area contributed by atoms with Crippen molar-refractivity contribution in [2.75, 3.05) is 6.61 Å². The minimum Gasteiger partial charge on any atom is -0.490 e. The Morgan fingerprint density at radius 2 is 1.85 bits per heavy atom. The molecule has 1 heterocycles. The molecule has 0 amide bonds. The van der Waals surface area contributed by atoms with Gasteiger partial charge in [0, 0.05) is 12.5 Å². The summed E-state index contributed by atoms with van der Waals surface area (Å²) in [6.07, 6.45) is -1.55. The monoisotopic (exact) mass is 288 g/mol. The van der Waals surface area contributed by atoms with Crippen molar-refractivity contribution in [1.29, 1.82) is 0 Å². The lowest BCUT2D eigenvalue weighted by Crippen LogP contribution is -2.26. The second-order valence-electron chi connectivity index (χ2n) is 4.03. The zero-order chi connectivity index (χ0) is 14.6. The molecule has 4 nitrogen and oxygen atoms in total. The number of hydrogen-bond donors (Lipinski definition) is 0. The third kappa shape index (κ3) is 4.49. The molecule has 0 unspecified atom stereocenters. The Balaban J connectivity index is 1.85. The van der Waals surface area contributed by atoms with Crippen molar-refractivity contribution in [1.82, 2.24) is 0 Å². The molecule has 108 valence electrons. The van der Waals surface area contributed by atoms with Crippen LogP contribution in [0, 0.1) is 0 Å². The molecular formula is C13H11F3O4. The predicted molar refractivity (Wildman–Crippen MR) is 62.3 cm³/mol. The molecule has 0 saturated heterocycles. The molecule has 1 aliphatic rings. The van der Waals surface area contributed by atoms with Crippen LogP contribution in [0.25, 0.3) is 0 Å². The van der Waals surface area contributed by atoms with Gasteiger partial charge in [-0.15, -0.1) is 13.2 Å². The topological polar surface area (TPSA) is 44.8 Å². The first kappa shape index (κ1) is 14.2. The molecule has 0 spiro atoms. The van der Waals surface area contributed by atoms with Gasteiger partial charge in [0.15, 0.2) is 0 Å². The summed E-state index contributed by atoms with van der Waals surface area (Å²) >= 11 is 0. The number of carbonyl (C=O) groups is 1. The van der Waals surface area contributed by atoms with Gasteiger partial charge in [0.05, 0.1) is 0 Å². The number of carbonyl (C=O) groups excluding carboxylic acids is 1. The van der Waals surface area contributed by atoms with E-state index in [1.807, 2.05) is 0 Å². The van der Waals surface area contributed by atoms with Crippen molar-refractivity contribution in [2.24, 2.45) is 0 Å². The minimum absolute atomic E-state index is 0.134. The third-order valence-corrected chi connectivity index (χ3v) is 2.43. The number of benzene rings is 1. The molecule has 2 rings (SSSR count). The lowest BCUT2D eigenvalue weighted by molar-refractivity contribution is -0.274. The highest BCUT2D eigenvalue weighted by Crippen LogP contribution is 2.24. The SMILES string of the molecule is O=C1C=CC[C@H](COc2ccc(OC(F)(F)F)cc2)O1. The molecule has 7 heteroatoms. The maximum Gasteiger partial charge on any atom is 0.573 e. The molecule has 0 saturated carbocycles. The maximum atomic E-state index is 12.0. The third-order valence-electron chi connectivity index (χ3n) is 2.43. The van der Waals surface area contributed by atoms with Crippen LogP contribution in [0.3, 0.4) is 0 Å². The van der Waals surface area contributed by atoms with Gasteiger partial charge in [-0.2, -0.15) is 0 Å². The van der Waals surface area contributed by atoms with E-state index in [0.717, 1.165) is 12.1 Å². The van der Waals surface area contributed by atoms with Gasteiger partial charge in [0.25, 0.3) is 0 Å². The standard InChI is InChI=1S/C13H11F3O4/c14-13(15,16)20-10-6-4-9(5-7-10)18-8-11-2-1-3-12(17)19-11/h1,3-7,11H,2,8H2/t11-/m1/s1. The largest absolute Gasteiger partial charge is 0.573 e. The zero-order valence-corrected chi connectivity index (χ0v) is 10.2. The van der Waals surface area contributed by atoms with Gasteiger partial charge in [-0.1, -0.05) is 6.08 Å². The van der Waals surface area contributed by atoms with Gasteiger partial charge in [-0.25, -0.2) is 4.79 Å². The molecule has 1 aliphatic heterocycles. The van der Waals surface area contributed by atoms with E-state index in [1.165, 1.54) is 18.2 Å². The number of cyclic esters (lactones) is 1. The van der Waals surface area contributed by atoms with Crippen molar-refractivity contribution in [2.45, 2.75) is 18.9 Å². The molecule has 1 atom stereocenters. The van der Waals surface area contributed by atoms with Crippen LogP contribution >= 0.6 is 0 Å². The molecule has 20 heavy (non-hydrogen) atoms. The van der Waals surface area contributed by atoms with E-state index in [2.05, 4.69) is 4.74 Å². The number of hydrogen-bond acceptors (Lipinski definition) is 4. The second kappa shape index (κ2) is 5.85.